The number of ether oxygens (including phenoxy) is 2. The van der Waals surface area contributed by atoms with Crippen molar-refractivity contribution in [3.8, 4) is 0 Å². The second-order valence-corrected chi connectivity index (χ2v) is 7.92. The summed E-state index contributed by atoms with van der Waals surface area (Å²) in [5.41, 5.74) is 0. The Balaban J connectivity index is 1.58. The predicted octanol–water partition coefficient (Wildman–Crippen LogP) is 1.42. The molecule has 0 N–H and O–H groups in total. The molecule has 0 bridgehead atoms. The quantitative estimate of drug-likeness (QED) is 0.711. The fourth-order valence-electron chi connectivity index (χ4n) is 3.43. The van der Waals surface area contributed by atoms with Gasteiger partial charge in [-0.25, -0.2) is 4.79 Å². The van der Waals surface area contributed by atoms with Crippen LogP contribution in [0.2, 0.25) is 0 Å². The lowest BCUT2D eigenvalue weighted by Crippen LogP contribution is -2.50. The monoisotopic (exact) mass is 396 g/mol. The van der Waals surface area contributed by atoms with Gasteiger partial charge >= 0.3 is 5.97 Å². The van der Waals surface area contributed by atoms with Gasteiger partial charge in [0.05, 0.1) is 18.5 Å². The van der Waals surface area contributed by atoms with Crippen molar-refractivity contribution in [1.82, 2.24) is 9.80 Å². The molecule has 1 aromatic rings. The van der Waals surface area contributed by atoms with Crippen LogP contribution in [0.5, 0.6) is 0 Å². The Morgan fingerprint density at radius 3 is 2.56 bits per heavy atom. The number of rotatable bonds is 4. The third-order valence-corrected chi connectivity index (χ3v) is 5.82. The average Bonchev–Trinajstić information content (AvgIpc) is 3.27. The van der Waals surface area contributed by atoms with Gasteiger partial charge in [0, 0.05) is 25.8 Å². The van der Waals surface area contributed by atoms with Crippen molar-refractivity contribution in [1.29, 1.82) is 0 Å². The van der Waals surface area contributed by atoms with Crippen molar-refractivity contribution < 1.29 is 28.3 Å². The van der Waals surface area contributed by atoms with E-state index in [4.69, 9.17) is 13.9 Å². The molecule has 0 aromatic carbocycles. The number of furan rings is 1. The Kier molecular flexibility index (Phi) is 6.11. The zero-order chi connectivity index (χ0) is 19.6. The van der Waals surface area contributed by atoms with E-state index in [1.54, 1.807) is 17.0 Å². The standard InChI is InChI=1S/C18H24N2O6S/c1-11-7-19(8-12(2)26-11)16(22)9-25-18(23)14-10-27-17(20(14)13(3)21)15-5-4-6-24-15/h4-6,11-12,14,17H,7-10H2,1-3H3/t11-,12-,14-,17+/m0/s1. The second kappa shape index (κ2) is 8.35. The molecular formula is C18H24N2O6S. The van der Waals surface area contributed by atoms with Crippen LogP contribution in [0.1, 0.15) is 31.9 Å². The molecule has 0 radical (unpaired) electrons. The summed E-state index contributed by atoms with van der Waals surface area (Å²) >= 11 is 1.43. The molecule has 27 heavy (non-hydrogen) atoms. The van der Waals surface area contributed by atoms with Crippen LogP contribution < -0.4 is 0 Å². The highest BCUT2D eigenvalue weighted by atomic mass is 32.2. The highest BCUT2D eigenvalue weighted by Gasteiger charge is 2.43. The number of morpholine rings is 1. The first-order valence-corrected chi connectivity index (χ1v) is 9.95. The highest BCUT2D eigenvalue weighted by molar-refractivity contribution is 7.99. The van der Waals surface area contributed by atoms with Crippen LogP contribution >= 0.6 is 11.8 Å². The summed E-state index contributed by atoms with van der Waals surface area (Å²) in [6.45, 7) is 5.81. The number of thioether (sulfide) groups is 1. The number of amides is 2. The Morgan fingerprint density at radius 1 is 1.26 bits per heavy atom. The molecule has 2 aliphatic heterocycles. The number of hydrogen-bond acceptors (Lipinski definition) is 7. The van der Waals surface area contributed by atoms with E-state index >= 15 is 0 Å². The Hall–Kier alpha value is -2.00. The number of nitrogens with zero attached hydrogens (tertiary/aromatic N) is 2. The molecular weight excluding hydrogens is 372 g/mol. The van der Waals surface area contributed by atoms with Gasteiger partial charge in [0.2, 0.25) is 5.91 Å². The van der Waals surface area contributed by atoms with Crippen molar-refractivity contribution in [2.45, 2.75) is 44.4 Å². The van der Waals surface area contributed by atoms with Gasteiger partial charge in [-0.15, -0.1) is 11.8 Å². The molecule has 8 nitrogen and oxygen atoms in total. The van der Waals surface area contributed by atoms with Gasteiger partial charge in [0.15, 0.2) is 6.61 Å². The van der Waals surface area contributed by atoms with Gasteiger partial charge in [0.25, 0.3) is 5.91 Å². The Morgan fingerprint density at radius 2 is 1.96 bits per heavy atom. The molecule has 0 spiro atoms. The van der Waals surface area contributed by atoms with Crippen LogP contribution in [0.4, 0.5) is 0 Å². The molecule has 148 valence electrons. The molecule has 2 saturated heterocycles. The SMILES string of the molecule is CC(=O)N1[C@@H](c2ccco2)SC[C@H]1C(=O)OCC(=O)N1C[C@H](C)O[C@@H](C)C1. The van der Waals surface area contributed by atoms with Crippen LogP contribution in [-0.2, 0) is 23.9 Å². The van der Waals surface area contributed by atoms with Crippen LogP contribution in [0.15, 0.2) is 22.8 Å². The predicted molar refractivity (Wildman–Crippen MR) is 97.8 cm³/mol. The van der Waals surface area contributed by atoms with Crippen LogP contribution in [0, 0.1) is 0 Å². The molecule has 2 fully saturated rings. The summed E-state index contributed by atoms with van der Waals surface area (Å²) in [6, 6.07) is 2.77. The third kappa shape index (κ3) is 4.47. The van der Waals surface area contributed by atoms with E-state index in [0.717, 1.165) is 0 Å². The largest absolute Gasteiger partial charge is 0.466 e. The molecule has 2 amide bonds. The molecule has 3 rings (SSSR count). The maximum absolute atomic E-state index is 12.5. The number of carbonyl (C=O) groups excluding carboxylic acids is 3. The Labute approximate surface area is 162 Å². The Bertz CT molecular complexity index is 684. The van der Waals surface area contributed by atoms with Crippen LogP contribution in [0.25, 0.3) is 0 Å². The van der Waals surface area contributed by atoms with Gasteiger partial charge in [-0.1, -0.05) is 0 Å². The third-order valence-electron chi connectivity index (χ3n) is 4.53. The maximum Gasteiger partial charge on any atom is 0.330 e. The number of esters is 1. The summed E-state index contributed by atoms with van der Waals surface area (Å²) in [5, 5.41) is -0.369. The van der Waals surface area contributed by atoms with E-state index in [9.17, 15) is 14.4 Å². The fourth-order valence-corrected chi connectivity index (χ4v) is 4.84. The van der Waals surface area contributed by atoms with E-state index in [-0.39, 0.29) is 36.0 Å². The molecule has 2 aliphatic rings. The lowest BCUT2D eigenvalue weighted by atomic mass is 10.2. The minimum Gasteiger partial charge on any atom is -0.466 e. The van der Waals surface area contributed by atoms with Crippen molar-refractivity contribution in [2.24, 2.45) is 0 Å². The van der Waals surface area contributed by atoms with Gasteiger partial charge in [0.1, 0.15) is 17.2 Å². The first kappa shape index (κ1) is 19.8. The summed E-state index contributed by atoms with van der Waals surface area (Å²) in [4.78, 5) is 40.1. The molecule has 3 heterocycles. The maximum atomic E-state index is 12.5. The van der Waals surface area contributed by atoms with Gasteiger partial charge in [-0.2, -0.15) is 0 Å². The van der Waals surface area contributed by atoms with Crippen molar-refractivity contribution in [2.75, 3.05) is 25.4 Å². The average molecular weight is 396 g/mol. The fraction of sp³-hybridized carbons (Fsp3) is 0.611. The summed E-state index contributed by atoms with van der Waals surface area (Å²) in [7, 11) is 0. The van der Waals surface area contributed by atoms with Gasteiger partial charge in [-0.05, 0) is 26.0 Å². The number of hydrogen-bond donors (Lipinski definition) is 0. The molecule has 1 aromatic heterocycles. The minimum absolute atomic E-state index is 0.0538. The van der Waals surface area contributed by atoms with Crippen molar-refractivity contribution >= 4 is 29.5 Å². The van der Waals surface area contributed by atoms with E-state index in [2.05, 4.69) is 0 Å². The van der Waals surface area contributed by atoms with Crippen LogP contribution in [-0.4, -0.2) is 71.3 Å². The van der Waals surface area contributed by atoms with E-state index < -0.39 is 12.0 Å². The summed E-state index contributed by atoms with van der Waals surface area (Å²) < 4.78 is 16.2. The van der Waals surface area contributed by atoms with Crippen molar-refractivity contribution in [3.05, 3.63) is 24.2 Å². The molecule has 0 unspecified atom stereocenters. The first-order chi connectivity index (χ1) is 12.9. The minimum atomic E-state index is -0.738. The lowest BCUT2D eigenvalue weighted by Gasteiger charge is -2.35. The lowest BCUT2D eigenvalue weighted by molar-refractivity contribution is -0.161. The first-order valence-electron chi connectivity index (χ1n) is 8.90. The number of carbonyl (C=O) groups is 3. The second-order valence-electron chi connectivity index (χ2n) is 6.81. The molecule has 0 saturated carbocycles. The zero-order valence-corrected chi connectivity index (χ0v) is 16.4. The highest BCUT2D eigenvalue weighted by Crippen LogP contribution is 2.41. The van der Waals surface area contributed by atoms with Crippen LogP contribution in [0.3, 0.4) is 0 Å². The topological polar surface area (TPSA) is 89.3 Å². The molecule has 4 atom stereocenters. The van der Waals surface area contributed by atoms with Crippen molar-refractivity contribution in [3.63, 3.8) is 0 Å². The van der Waals surface area contributed by atoms with Gasteiger partial charge in [-0.3, -0.25) is 9.59 Å². The van der Waals surface area contributed by atoms with E-state index in [1.807, 2.05) is 13.8 Å². The molecule has 0 aliphatic carbocycles. The molecule has 9 heteroatoms. The smallest absolute Gasteiger partial charge is 0.330 e. The summed E-state index contributed by atoms with van der Waals surface area (Å²) in [6.07, 6.45) is 1.42. The van der Waals surface area contributed by atoms with E-state index in [1.165, 1.54) is 29.8 Å². The summed E-state index contributed by atoms with van der Waals surface area (Å²) in [5.74, 6) is -0.0744. The zero-order valence-electron chi connectivity index (χ0n) is 15.6. The normalized spacial score (nSPS) is 28.3. The van der Waals surface area contributed by atoms with E-state index in [0.29, 0.717) is 24.6 Å². The van der Waals surface area contributed by atoms with Gasteiger partial charge < -0.3 is 23.7 Å².